The monoisotopic (exact) mass is 319 g/mol. The highest BCUT2D eigenvalue weighted by molar-refractivity contribution is 5.32. The van der Waals surface area contributed by atoms with Crippen molar-refractivity contribution in [3.63, 3.8) is 0 Å². The Morgan fingerprint density at radius 1 is 0.792 bits per heavy atom. The summed E-state index contributed by atoms with van der Waals surface area (Å²) in [6.07, 6.45) is 0. The molecule has 24 heavy (non-hydrogen) atoms. The Labute approximate surface area is 145 Å². The minimum absolute atomic E-state index is 0.324. The molecule has 1 aliphatic heterocycles. The van der Waals surface area contributed by atoms with E-state index in [2.05, 4.69) is 82.3 Å². The van der Waals surface area contributed by atoms with E-state index in [9.17, 15) is 0 Å². The van der Waals surface area contributed by atoms with Crippen molar-refractivity contribution in [2.75, 3.05) is 39.3 Å². The van der Waals surface area contributed by atoms with Crippen molar-refractivity contribution in [2.45, 2.75) is 6.04 Å². The Hall–Kier alpha value is -2.12. The molecular weight excluding hydrogens is 294 g/mol. The molecule has 1 fully saturated rings. The maximum atomic E-state index is 5.43. The van der Waals surface area contributed by atoms with Crippen molar-refractivity contribution in [3.8, 4) is 11.8 Å². The van der Waals surface area contributed by atoms with Gasteiger partial charge in [0.05, 0.1) is 19.1 Å². The molecule has 2 aromatic carbocycles. The van der Waals surface area contributed by atoms with Gasteiger partial charge in [-0.2, -0.15) is 0 Å². The van der Waals surface area contributed by atoms with E-state index in [0.717, 1.165) is 32.7 Å². The zero-order valence-electron chi connectivity index (χ0n) is 14.1. The van der Waals surface area contributed by atoms with Gasteiger partial charge in [-0.05, 0) is 11.1 Å². The molecule has 3 rings (SSSR count). The van der Waals surface area contributed by atoms with Crippen molar-refractivity contribution in [1.82, 2.24) is 9.80 Å². The number of benzene rings is 2. The van der Waals surface area contributed by atoms with Crippen LogP contribution in [-0.4, -0.2) is 49.1 Å². The average Bonchev–Trinajstić information content (AvgIpc) is 2.65. The molecule has 0 unspecified atom stereocenters. The standard InChI is InChI=1S/C21H25N3/c22-13-7-8-14-23-15-17-24(18-16-23)21(19-9-3-1-4-10-19)20-11-5-2-6-12-20/h1-6,9-12,21H,13-18,22H2. The molecule has 3 heteroatoms. The Bertz CT molecular complexity index is 625. The summed E-state index contributed by atoms with van der Waals surface area (Å²) < 4.78 is 0. The summed E-state index contributed by atoms with van der Waals surface area (Å²) in [5, 5.41) is 0. The summed E-state index contributed by atoms with van der Waals surface area (Å²) in [4.78, 5) is 4.99. The molecule has 3 nitrogen and oxygen atoms in total. The number of nitrogens with zero attached hydrogens (tertiary/aromatic N) is 2. The molecule has 0 amide bonds. The lowest BCUT2D eigenvalue weighted by Gasteiger charge is -2.39. The second-order valence-electron chi connectivity index (χ2n) is 6.09. The molecule has 124 valence electrons. The van der Waals surface area contributed by atoms with Gasteiger partial charge < -0.3 is 5.73 Å². The predicted molar refractivity (Wildman–Crippen MR) is 99.6 cm³/mol. The zero-order valence-corrected chi connectivity index (χ0v) is 14.1. The molecule has 0 saturated carbocycles. The largest absolute Gasteiger partial charge is 0.320 e. The second-order valence-corrected chi connectivity index (χ2v) is 6.09. The van der Waals surface area contributed by atoms with Crippen molar-refractivity contribution < 1.29 is 0 Å². The summed E-state index contributed by atoms with van der Waals surface area (Å²) in [7, 11) is 0. The van der Waals surface area contributed by atoms with Gasteiger partial charge in [-0.3, -0.25) is 9.80 Å². The first-order valence-electron chi connectivity index (χ1n) is 8.60. The molecule has 1 aliphatic rings. The molecule has 2 N–H and O–H groups in total. The van der Waals surface area contributed by atoms with E-state index >= 15 is 0 Å². The molecular formula is C21H25N3. The number of hydrogen-bond donors (Lipinski definition) is 1. The zero-order chi connectivity index (χ0) is 16.6. The summed E-state index contributed by atoms with van der Waals surface area (Å²) >= 11 is 0. The first-order valence-corrected chi connectivity index (χ1v) is 8.60. The minimum Gasteiger partial charge on any atom is -0.320 e. The lowest BCUT2D eigenvalue weighted by Crippen LogP contribution is -2.47. The van der Waals surface area contributed by atoms with Gasteiger partial charge in [0.1, 0.15) is 0 Å². The van der Waals surface area contributed by atoms with Crippen LogP contribution in [0, 0.1) is 11.8 Å². The topological polar surface area (TPSA) is 32.5 Å². The van der Waals surface area contributed by atoms with Crippen LogP contribution in [0.15, 0.2) is 60.7 Å². The maximum absolute atomic E-state index is 5.43. The van der Waals surface area contributed by atoms with Crippen LogP contribution in [-0.2, 0) is 0 Å². The predicted octanol–water partition coefficient (Wildman–Crippen LogP) is 2.36. The summed E-state index contributed by atoms with van der Waals surface area (Å²) in [6, 6.07) is 21.9. The van der Waals surface area contributed by atoms with Crippen molar-refractivity contribution in [1.29, 1.82) is 0 Å². The number of piperazine rings is 1. The van der Waals surface area contributed by atoms with E-state index < -0.39 is 0 Å². The van der Waals surface area contributed by atoms with Crippen LogP contribution in [0.25, 0.3) is 0 Å². The van der Waals surface area contributed by atoms with Crippen LogP contribution in [0.2, 0.25) is 0 Å². The SMILES string of the molecule is NCC#CCN1CCN(C(c2ccccc2)c2ccccc2)CC1. The maximum Gasteiger partial charge on any atom is 0.0602 e. The first kappa shape index (κ1) is 16.7. The summed E-state index contributed by atoms with van der Waals surface area (Å²) in [5.41, 5.74) is 8.16. The second kappa shape index (κ2) is 8.65. The molecule has 1 saturated heterocycles. The van der Waals surface area contributed by atoms with Gasteiger partial charge >= 0.3 is 0 Å². The quantitative estimate of drug-likeness (QED) is 0.878. The fourth-order valence-electron chi connectivity index (χ4n) is 3.30. The van der Waals surface area contributed by atoms with Gasteiger partial charge in [0.2, 0.25) is 0 Å². The van der Waals surface area contributed by atoms with Crippen LogP contribution in [0.1, 0.15) is 17.2 Å². The van der Waals surface area contributed by atoms with E-state index in [4.69, 9.17) is 5.73 Å². The van der Waals surface area contributed by atoms with Crippen molar-refractivity contribution in [2.24, 2.45) is 5.73 Å². The summed E-state index contributed by atoms with van der Waals surface area (Å²) in [6.45, 7) is 5.48. The highest BCUT2D eigenvalue weighted by Gasteiger charge is 2.25. The van der Waals surface area contributed by atoms with Crippen LogP contribution in [0.5, 0.6) is 0 Å². The molecule has 0 aromatic heterocycles. The Balaban J connectivity index is 1.74. The minimum atomic E-state index is 0.324. The third-order valence-electron chi connectivity index (χ3n) is 4.53. The van der Waals surface area contributed by atoms with E-state index in [1.54, 1.807) is 0 Å². The van der Waals surface area contributed by atoms with E-state index in [0.29, 0.717) is 12.6 Å². The smallest absolute Gasteiger partial charge is 0.0602 e. The third kappa shape index (κ3) is 4.24. The lowest BCUT2D eigenvalue weighted by molar-refractivity contribution is 0.119. The van der Waals surface area contributed by atoms with Gasteiger partial charge in [0.15, 0.2) is 0 Å². The Morgan fingerprint density at radius 2 is 1.33 bits per heavy atom. The highest BCUT2D eigenvalue weighted by atomic mass is 15.3. The van der Waals surface area contributed by atoms with Gasteiger partial charge in [-0.25, -0.2) is 0 Å². The number of nitrogens with two attached hydrogens (primary N) is 1. The molecule has 0 spiro atoms. The Kier molecular flexibility index (Phi) is 6.03. The van der Waals surface area contributed by atoms with Crippen LogP contribution < -0.4 is 5.73 Å². The molecule has 0 radical (unpaired) electrons. The molecule has 2 aromatic rings. The lowest BCUT2D eigenvalue weighted by atomic mass is 9.96. The fraction of sp³-hybridized carbons (Fsp3) is 0.333. The van der Waals surface area contributed by atoms with Crippen molar-refractivity contribution >= 4 is 0 Å². The van der Waals surface area contributed by atoms with Crippen molar-refractivity contribution in [3.05, 3.63) is 71.8 Å². The highest BCUT2D eigenvalue weighted by Crippen LogP contribution is 2.29. The molecule has 0 atom stereocenters. The molecule has 0 aliphatic carbocycles. The van der Waals surface area contributed by atoms with Gasteiger partial charge in [0.25, 0.3) is 0 Å². The molecule has 0 bridgehead atoms. The van der Waals surface area contributed by atoms with Gasteiger partial charge in [0, 0.05) is 26.2 Å². The van der Waals surface area contributed by atoms with E-state index in [1.165, 1.54) is 11.1 Å². The molecule has 1 heterocycles. The normalized spacial score (nSPS) is 15.9. The Morgan fingerprint density at radius 3 is 1.83 bits per heavy atom. The van der Waals surface area contributed by atoms with E-state index in [1.807, 2.05) is 0 Å². The van der Waals surface area contributed by atoms with Crippen LogP contribution >= 0.6 is 0 Å². The fourth-order valence-corrected chi connectivity index (χ4v) is 3.30. The van der Waals surface area contributed by atoms with Gasteiger partial charge in [-0.1, -0.05) is 72.5 Å². The van der Waals surface area contributed by atoms with E-state index in [-0.39, 0.29) is 0 Å². The first-order chi connectivity index (χ1) is 11.9. The summed E-state index contributed by atoms with van der Waals surface area (Å²) in [5.74, 6) is 6.10. The third-order valence-corrected chi connectivity index (χ3v) is 4.53. The van der Waals surface area contributed by atoms with Crippen LogP contribution in [0.3, 0.4) is 0 Å². The number of rotatable bonds is 4. The van der Waals surface area contributed by atoms with Gasteiger partial charge in [-0.15, -0.1) is 0 Å². The average molecular weight is 319 g/mol. The number of hydrogen-bond acceptors (Lipinski definition) is 3. The van der Waals surface area contributed by atoms with Crippen LogP contribution in [0.4, 0.5) is 0 Å².